The van der Waals surface area contributed by atoms with Gasteiger partial charge in [-0.15, -0.1) is 0 Å². The molecule has 1 N–H and O–H groups in total. The molecular formula is C23H28O. The molecule has 126 valence electrons. The van der Waals surface area contributed by atoms with Gasteiger partial charge in [0.2, 0.25) is 0 Å². The van der Waals surface area contributed by atoms with Crippen molar-refractivity contribution in [3.63, 3.8) is 0 Å². The van der Waals surface area contributed by atoms with Crippen LogP contribution in [-0.2, 0) is 0 Å². The minimum Gasteiger partial charge on any atom is -0.508 e. The molecule has 1 nitrogen and oxygen atoms in total. The van der Waals surface area contributed by atoms with Crippen LogP contribution in [0.15, 0.2) is 72.0 Å². The molecule has 0 unspecified atom stereocenters. The zero-order chi connectivity index (χ0) is 17.0. The van der Waals surface area contributed by atoms with Gasteiger partial charge in [0.1, 0.15) is 5.76 Å². The number of benzene rings is 2. The van der Waals surface area contributed by atoms with Crippen LogP contribution in [0.4, 0.5) is 0 Å². The van der Waals surface area contributed by atoms with Crippen LogP contribution < -0.4 is 0 Å². The van der Waals surface area contributed by atoms with E-state index in [4.69, 9.17) is 0 Å². The Kier molecular flexibility index (Phi) is 7.89. The van der Waals surface area contributed by atoms with Crippen molar-refractivity contribution in [3.05, 3.63) is 83.1 Å². The predicted molar refractivity (Wildman–Crippen MR) is 105 cm³/mol. The normalized spacial score (nSPS) is 12.4. The van der Waals surface area contributed by atoms with E-state index in [2.05, 4.69) is 25.1 Å². The summed E-state index contributed by atoms with van der Waals surface area (Å²) in [6, 6.07) is 20.2. The molecule has 2 rings (SSSR count). The lowest BCUT2D eigenvalue weighted by Gasteiger charge is -2.08. The zero-order valence-corrected chi connectivity index (χ0v) is 14.6. The van der Waals surface area contributed by atoms with Crippen LogP contribution in [-0.4, -0.2) is 5.11 Å². The van der Waals surface area contributed by atoms with Gasteiger partial charge in [-0.2, -0.15) is 0 Å². The van der Waals surface area contributed by atoms with Crippen LogP contribution in [0, 0.1) is 0 Å². The third kappa shape index (κ3) is 6.45. The Morgan fingerprint density at radius 1 is 0.750 bits per heavy atom. The molecular weight excluding hydrogens is 292 g/mol. The standard InChI is InChI=1S/C23H28O/c1-2-3-4-5-12-17-22(18-20-13-8-6-9-14-20)23(24)19-21-15-10-7-11-16-21/h6-11,13-16,18-19,24H,2-5,12,17H2,1H3. The molecule has 1 heteroatoms. The molecule has 0 saturated heterocycles. The van der Waals surface area contributed by atoms with Gasteiger partial charge >= 0.3 is 0 Å². The first-order valence-corrected chi connectivity index (χ1v) is 9.01. The number of hydrogen-bond donors (Lipinski definition) is 1. The van der Waals surface area contributed by atoms with E-state index in [0.29, 0.717) is 5.76 Å². The number of hydrogen-bond acceptors (Lipinski definition) is 1. The van der Waals surface area contributed by atoms with Crippen molar-refractivity contribution < 1.29 is 5.11 Å². The number of aliphatic hydroxyl groups excluding tert-OH is 1. The fourth-order valence-corrected chi connectivity index (χ4v) is 2.74. The van der Waals surface area contributed by atoms with Gasteiger partial charge in [0.25, 0.3) is 0 Å². The highest BCUT2D eigenvalue weighted by molar-refractivity contribution is 5.63. The van der Waals surface area contributed by atoms with Crippen LogP contribution in [0.5, 0.6) is 0 Å². The van der Waals surface area contributed by atoms with Gasteiger partial charge < -0.3 is 5.11 Å². The van der Waals surface area contributed by atoms with Crippen molar-refractivity contribution in [2.75, 3.05) is 0 Å². The van der Waals surface area contributed by atoms with Gasteiger partial charge in [-0.25, -0.2) is 0 Å². The number of allylic oxidation sites excluding steroid dienone is 1. The van der Waals surface area contributed by atoms with Crippen molar-refractivity contribution in [1.82, 2.24) is 0 Å². The monoisotopic (exact) mass is 320 g/mol. The predicted octanol–water partition coefficient (Wildman–Crippen LogP) is 7.03. The second-order valence-corrected chi connectivity index (χ2v) is 6.18. The van der Waals surface area contributed by atoms with E-state index in [9.17, 15) is 5.11 Å². The van der Waals surface area contributed by atoms with E-state index in [-0.39, 0.29) is 0 Å². The highest BCUT2D eigenvalue weighted by Gasteiger charge is 2.05. The first-order valence-electron chi connectivity index (χ1n) is 9.01. The average Bonchev–Trinajstić information content (AvgIpc) is 2.62. The molecule has 0 atom stereocenters. The summed E-state index contributed by atoms with van der Waals surface area (Å²) in [5.41, 5.74) is 3.18. The van der Waals surface area contributed by atoms with Crippen LogP contribution in [0.3, 0.4) is 0 Å². The Labute approximate surface area is 146 Å². The van der Waals surface area contributed by atoms with Gasteiger partial charge in [0, 0.05) is 0 Å². The number of rotatable bonds is 9. The molecule has 0 aliphatic rings. The smallest absolute Gasteiger partial charge is 0.119 e. The van der Waals surface area contributed by atoms with E-state index in [1.54, 1.807) is 0 Å². The molecule has 24 heavy (non-hydrogen) atoms. The Morgan fingerprint density at radius 2 is 1.29 bits per heavy atom. The Hall–Kier alpha value is -2.28. The highest BCUT2D eigenvalue weighted by atomic mass is 16.3. The van der Waals surface area contributed by atoms with E-state index >= 15 is 0 Å². The minimum atomic E-state index is 0.376. The van der Waals surface area contributed by atoms with Gasteiger partial charge in [0.05, 0.1) is 0 Å². The molecule has 2 aromatic carbocycles. The fraction of sp³-hybridized carbons (Fsp3) is 0.304. The molecule has 0 aliphatic carbocycles. The van der Waals surface area contributed by atoms with E-state index in [1.165, 1.54) is 25.7 Å². The lowest BCUT2D eigenvalue weighted by atomic mass is 10.0. The van der Waals surface area contributed by atoms with Gasteiger partial charge in [-0.3, -0.25) is 0 Å². The van der Waals surface area contributed by atoms with E-state index in [1.807, 2.05) is 54.6 Å². The minimum absolute atomic E-state index is 0.376. The summed E-state index contributed by atoms with van der Waals surface area (Å²) in [5.74, 6) is 0.376. The molecule has 0 aliphatic heterocycles. The summed E-state index contributed by atoms with van der Waals surface area (Å²) < 4.78 is 0. The van der Waals surface area contributed by atoms with E-state index in [0.717, 1.165) is 29.5 Å². The summed E-state index contributed by atoms with van der Waals surface area (Å²) in [5, 5.41) is 10.6. The fourth-order valence-electron chi connectivity index (χ4n) is 2.74. The number of unbranched alkanes of at least 4 members (excludes halogenated alkanes) is 4. The third-order valence-electron chi connectivity index (χ3n) is 4.12. The summed E-state index contributed by atoms with van der Waals surface area (Å²) in [4.78, 5) is 0. The van der Waals surface area contributed by atoms with Crippen molar-refractivity contribution in [1.29, 1.82) is 0 Å². The molecule has 0 spiro atoms. The summed E-state index contributed by atoms with van der Waals surface area (Å²) in [7, 11) is 0. The lowest BCUT2D eigenvalue weighted by molar-refractivity contribution is 0.423. The van der Waals surface area contributed by atoms with Crippen molar-refractivity contribution in [2.24, 2.45) is 0 Å². The topological polar surface area (TPSA) is 20.2 Å². The SMILES string of the molecule is CCCCCCCC(=Cc1ccccc1)C(O)=Cc1ccccc1. The first-order chi connectivity index (χ1) is 11.8. The van der Waals surface area contributed by atoms with Crippen LogP contribution in [0.25, 0.3) is 12.2 Å². The second kappa shape index (κ2) is 10.5. The third-order valence-corrected chi connectivity index (χ3v) is 4.12. The molecule has 0 amide bonds. The van der Waals surface area contributed by atoms with Crippen molar-refractivity contribution in [3.8, 4) is 0 Å². The van der Waals surface area contributed by atoms with Crippen LogP contribution in [0.1, 0.15) is 56.6 Å². The summed E-state index contributed by atoms with van der Waals surface area (Å²) in [6.07, 6.45) is 11.0. The van der Waals surface area contributed by atoms with E-state index < -0.39 is 0 Å². The maximum atomic E-state index is 10.6. The Bertz CT molecular complexity index is 638. The zero-order valence-electron chi connectivity index (χ0n) is 14.6. The highest BCUT2D eigenvalue weighted by Crippen LogP contribution is 2.22. The van der Waals surface area contributed by atoms with Gasteiger partial charge in [0.15, 0.2) is 0 Å². The summed E-state index contributed by atoms with van der Waals surface area (Å²) >= 11 is 0. The van der Waals surface area contributed by atoms with Crippen molar-refractivity contribution in [2.45, 2.75) is 45.4 Å². The Balaban J connectivity index is 2.12. The largest absolute Gasteiger partial charge is 0.508 e. The second-order valence-electron chi connectivity index (χ2n) is 6.18. The van der Waals surface area contributed by atoms with Crippen LogP contribution in [0.2, 0.25) is 0 Å². The molecule has 0 aromatic heterocycles. The number of aliphatic hydroxyl groups is 1. The van der Waals surface area contributed by atoms with Crippen LogP contribution >= 0.6 is 0 Å². The molecule has 2 aromatic rings. The average molecular weight is 320 g/mol. The van der Waals surface area contributed by atoms with Gasteiger partial charge in [-0.05, 0) is 41.7 Å². The Morgan fingerprint density at radius 3 is 1.88 bits per heavy atom. The summed E-state index contributed by atoms with van der Waals surface area (Å²) in [6.45, 7) is 2.23. The molecule has 0 fully saturated rings. The first kappa shape index (κ1) is 18.1. The maximum absolute atomic E-state index is 10.6. The van der Waals surface area contributed by atoms with Crippen molar-refractivity contribution >= 4 is 12.2 Å². The molecule has 0 saturated carbocycles. The van der Waals surface area contributed by atoms with Gasteiger partial charge in [-0.1, -0.05) is 93.3 Å². The molecule has 0 heterocycles. The lowest BCUT2D eigenvalue weighted by Crippen LogP contribution is -1.91. The molecule has 0 radical (unpaired) electrons. The maximum Gasteiger partial charge on any atom is 0.119 e. The quantitative estimate of drug-likeness (QED) is 0.299. The molecule has 0 bridgehead atoms.